The molecule has 0 spiro atoms. The monoisotopic (exact) mass is 668 g/mol. The van der Waals surface area contributed by atoms with Crippen LogP contribution in [0.5, 0.6) is 0 Å². The van der Waals surface area contributed by atoms with Crippen molar-refractivity contribution in [3.8, 4) is 0 Å². The Balaban J connectivity index is 0.000000639. The van der Waals surface area contributed by atoms with E-state index in [1.165, 1.54) is 11.1 Å². The number of hydrogen-bond acceptors (Lipinski definition) is 0. The number of rotatable bonds is 0. The molecule has 0 heterocycles. The fraction of sp³-hybridized carbons (Fsp3) is 0.500. The number of halogens is 2. The molecule has 0 nitrogen and oxygen atoms in total. The molecule has 1 fully saturated rings. The maximum Gasteiger partial charge on any atom is 4.00 e. The van der Waals surface area contributed by atoms with Gasteiger partial charge in [0.2, 0.25) is 0 Å². The topological polar surface area (TPSA) is 0 Å². The van der Waals surface area contributed by atoms with E-state index in [9.17, 15) is 0 Å². The van der Waals surface area contributed by atoms with Gasteiger partial charge in [0.1, 0.15) is 0 Å². The van der Waals surface area contributed by atoms with Crippen LogP contribution in [0.25, 0.3) is 5.57 Å². The van der Waals surface area contributed by atoms with E-state index < -0.39 is 0 Å². The van der Waals surface area contributed by atoms with Crippen LogP contribution in [0.3, 0.4) is 0 Å². The van der Waals surface area contributed by atoms with Gasteiger partial charge < -0.3 is 24.8 Å². The molecule has 2 radical (unpaired) electrons. The van der Waals surface area contributed by atoms with E-state index in [-0.39, 0.29) is 61.8 Å². The predicted molar refractivity (Wildman–Crippen MR) is 164 cm³/mol. The maximum absolute atomic E-state index is 2.63. The van der Waals surface area contributed by atoms with Crippen LogP contribution in [0.1, 0.15) is 66.5 Å². The molecule has 2 aromatic carbocycles. The van der Waals surface area contributed by atoms with Crippen LogP contribution in [0, 0.1) is 46.3 Å². The molecule has 0 saturated heterocycles. The third kappa shape index (κ3) is 5.66. The van der Waals surface area contributed by atoms with Crippen molar-refractivity contribution in [2.75, 3.05) is 0 Å². The van der Waals surface area contributed by atoms with E-state index in [4.69, 9.17) is 0 Å². The van der Waals surface area contributed by atoms with Crippen LogP contribution >= 0.6 is 0 Å². The summed E-state index contributed by atoms with van der Waals surface area (Å²) in [6.45, 7) is 24.5. The number of benzene rings is 1. The van der Waals surface area contributed by atoms with E-state index in [1.54, 1.807) is 28.2 Å². The first kappa shape index (κ1) is 37.4. The number of allylic oxidation sites excluding steroid dienone is 6. The zero-order valence-corrected chi connectivity index (χ0v) is 31.2. The molecule has 40 heavy (non-hydrogen) atoms. The minimum Gasteiger partial charge on any atom is -1.00 e. The second kappa shape index (κ2) is 14.7. The fourth-order valence-corrected chi connectivity index (χ4v) is 8.16. The van der Waals surface area contributed by atoms with Gasteiger partial charge in [-0.1, -0.05) is 127 Å². The quantitative estimate of drug-likeness (QED) is 0.295. The van der Waals surface area contributed by atoms with Gasteiger partial charge in [-0.2, -0.15) is 29.3 Å². The SMILES string of the molecule is C[C-]1C2=C3Cc4ccccc4C3=C3C=CC(C)C(C)C3(C)C2(C)C(C)C(C)C1C.C[Si]C.[Cl-].[Cl-].[Zr+4].c1cc[cH-]c1. The molecular formula is C36H48Cl2SiZr. The van der Waals surface area contributed by atoms with Crippen molar-refractivity contribution < 1.29 is 51.0 Å². The average Bonchev–Trinajstić information content (AvgIpc) is 3.58. The van der Waals surface area contributed by atoms with Gasteiger partial charge >= 0.3 is 26.2 Å². The zero-order valence-electron chi connectivity index (χ0n) is 26.2. The summed E-state index contributed by atoms with van der Waals surface area (Å²) in [5.41, 5.74) is 9.93. The van der Waals surface area contributed by atoms with E-state index in [1.807, 2.05) is 30.3 Å². The summed E-state index contributed by atoms with van der Waals surface area (Å²) < 4.78 is 0. The molecule has 0 bridgehead atoms. The molecule has 214 valence electrons. The van der Waals surface area contributed by atoms with Gasteiger partial charge in [-0.25, -0.2) is 18.1 Å². The van der Waals surface area contributed by atoms with Crippen LogP contribution < -0.4 is 24.8 Å². The largest absolute Gasteiger partial charge is 4.00 e. The number of fused-ring (bicyclic) bond motifs is 6. The van der Waals surface area contributed by atoms with Gasteiger partial charge in [0.25, 0.3) is 0 Å². The second-order valence-corrected chi connectivity index (χ2v) is 13.5. The fourth-order valence-electron chi connectivity index (χ4n) is 8.16. The Bertz CT molecular complexity index is 1180. The summed E-state index contributed by atoms with van der Waals surface area (Å²) in [5, 5.41) is 0. The van der Waals surface area contributed by atoms with Crippen molar-refractivity contribution in [2.45, 2.75) is 74.9 Å². The molecule has 4 aliphatic carbocycles. The molecule has 0 amide bonds. The summed E-state index contributed by atoms with van der Waals surface area (Å²) in [4.78, 5) is 0. The van der Waals surface area contributed by atoms with Gasteiger partial charge in [0, 0.05) is 14.9 Å². The average molecular weight is 671 g/mol. The van der Waals surface area contributed by atoms with Crippen molar-refractivity contribution in [1.29, 1.82) is 0 Å². The molecule has 4 heteroatoms. The van der Waals surface area contributed by atoms with Crippen LogP contribution in [0.15, 0.2) is 83.5 Å². The minimum atomic E-state index is 0. The normalized spacial score (nSPS) is 32.8. The van der Waals surface area contributed by atoms with Gasteiger partial charge in [-0.15, -0.1) is 6.92 Å². The second-order valence-electron chi connectivity index (χ2n) is 12.5. The molecular weight excluding hydrogens is 623 g/mol. The van der Waals surface area contributed by atoms with Crippen molar-refractivity contribution in [3.05, 3.63) is 101 Å². The van der Waals surface area contributed by atoms with Crippen molar-refractivity contribution in [2.24, 2.45) is 40.4 Å². The van der Waals surface area contributed by atoms with Crippen LogP contribution in [0.2, 0.25) is 13.1 Å². The van der Waals surface area contributed by atoms with E-state index in [0.29, 0.717) is 29.6 Å². The summed E-state index contributed by atoms with van der Waals surface area (Å²) in [5.74, 6) is 4.93. The Kier molecular flexibility index (Phi) is 13.7. The molecule has 0 aromatic heterocycles. The minimum absolute atomic E-state index is 0. The molecule has 0 N–H and O–H groups in total. The standard InChI is InChI=1S/C29H37.C5H5.C2H6Si.2ClH.Zr/c1-16-13-14-25-26-23-12-10-9-11-22(23)15-24(26)27-19(4)17(2)18(3)21(6)29(27,8)28(25,7)20(16)5;1-2-4-5-3-1;1-3-2;;;/h9-14,16-18,20-21H,15H2,1-8H3;1-5H;1-2H3;2*1H;/q2*-1;;;;+4/p-2. The van der Waals surface area contributed by atoms with Gasteiger partial charge in [0.15, 0.2) is 0 Å². The maximum atomic E-state index is 2.63. The van der Waals surface area contributed by atoms with Gasteiger partial charge in [-0.05, 0) is 34.7 Å². The Labute approximate surface area is 280 Å². The predicted octanol–water partition coefficient (Wildman–Crippen LogP) is 3.88. The molecule has 0 aliphatic heterocycles. The van der Waals surface area contributed by atoms with Crippen molar-refractivity contribution in [3.63, 3.8) is 0 Å². The Morgan fingerprint density at radius 1 is 0.875 bits per heavy atom. The van der Waals surface area contributed by atoms with E-state index in [0.717, 1.165) is 15.9 Å². The summed E-state index contributed by atoms with van der Waals surface area (Å²) >= 11 is 0. The number of hydrogen-bond donors (Lipinski definition) is 0. The zero-order chi connectivity index (χ0) is 27.1. The van der Waals surface area contributed by atoms with Crippen LogP contribution in [0.4, 0.5) is 0 Å². The van der Waals surface area contributed by atoms with Gasteiger partial charge in [0.05, 0.1) is 0 Å². The van der Waals surface area contributed by atoms with Crippen molar-refractivity contribution >= 4 is 15.1 Å². The van der Waals surface area contributed by atoms with E-state index in [2.05, 4.69) is 105 Å². The first-order valence-electron chi connectivity index (χ1n) is 14.4. The third-order valence-corrected chi connectivity index (χ3v) is 11.1. The Morgan fingerprint density at radius 2 is 1.45 bits per heavy atom. The summed E-state index contributed by atoms with van der Waals surface area (Å²) in [6.07, 6.45) is 6.12. The van der Waals surface area contributed by atoms with Gasteiger partial charge in [-0.3, -0.25) is 0 Å². The molecule has 6 rings (SSSR count). The van der Waals surface area contributed by atoms with Crippen LogP contribution in [-0.2, 0) is 32.6 Å². The molecule has 7 unspecified atom stereocenters. The molecule has 4 aliphatic rings. The summed E-state index contributed by atoms with van der Waals surface area (Å²) in [7, 11) is 1.08. The first-order valence-corrected chi connectivity index (χ1v) is 16.4. The Hall–Kier alpha value is -0.660. The van der Waals surface area contributed by atoms with Crippen LogP contribution in [-0.4, -0.2) is 9.52 Å². The smallest absolute Gasteiger partial charge is 1.00 e. The first-order chi connectivity index (χ1) is 17.6. The van der Waals surface area contributed by atoms with Crippen molar-refractivity contribution in [1.82, 2.24) is 0 Å². The van der Waals surface area contributed by atoms with E-state index >= 15 is 0 Å². The Morgan fingerprint density at radius 3 is 2.00 bits per heavy atom. The molecule has 2 aromatic rings. The molecule has 7 atom stereocenters. The third-order valence-electron chi connectivity index (χ3n) is 11.1. The summed E-state index contributed by atoms with van der Waals surface area (Å²) in [6, 6.07) is 19.2. The molecule has 1 saturated carbocycles.